The standard InChI is InChI=1S/C16H26F2N2O/c1-3-5-7-20(8-9-21)16-14(17)10-13(11-15(16)18)12-19-6-4-2/h10-11,19,21H,3-9,12H2,1-2H3. The van der Waals surface area contributed by atoms with Gasteiger partial charge in [-0.25, -0.2) is 8.78 Å². The zero-order valence-electron chi connectivity index (χ0n) is 13.0. The van der Waals surface area contributed by atoms with Crippen LogP contribution in [-0.4, -0.2) is 31.3 Å². The van der Waals surface area contributed by atoms with E-state index in [2.05, 4.69) is 5.32 Å². The molecule has 0 atom stereocenters. The third kappa shape index (κ3) is 5.59. The van der Waals surface area contributed by atoms with Crippen LogP contribution in [0, 0.1) is 11.6 Å². The molecule has 0 radical (unpaired) electrons. The first kappa shape index (κ1) is 17.9. The van der Waals surface area contributed by atoms with E-state index in [0.29, 0.717) is 18.7 Å². The second-order valence-corrected chi connectivity index (χ2v) is 5.15. The van der Waals surface area contributed by atoms with Crippen molar-refractivity contribution in [3.63, 3.8) is 0 Å². The fourth-order valence-electron chi connectivity index (χ4n) is 2.24. The second kappa shape index (κ2) is 9.68. The molecule has 120 valence electrons. The number of hydrogen-bond acceptors (Lipinski definition) is 3. The molecule has 3 nitrogen and oxygen atoms in total. The molecule has 1 aromatic rings. The highest BCUT2D eigenvalue weighted by Crippen LogP contribution is 2.25. The molecule has 0 amide bonds. The Kier molecular flexibility index (Phi) is 8.23. The van der Waals surface area contributed by atoms with E-state index in [0.717, 1.165) is 25.8 Å². The van der Waals surface area contributed by atoms with E-state index in [1.807, 2.05) is 13.8 Å². The van der Waals surface area contributed by atoms with Crippen LogP contribution < -0.4 is 10.2 Å². The van der Waals surface area contributed by atoms with Gasteiger partial charge in [0.2, 0.25) is 0 Å². The Hall–Kier alpha value is -1.20. The number of nitrogens with zero attached hydrogens (tertiary/aromatic N) is 1. The van der Waals surface area contributed by atoms with Crippen LogP contribution in [0.25, 0.3) is 0 Å². The molecular weight excluding hydrogens is 274 g/mol. The molecule has 0 aromatic heterocycles. The van der Waals surface area contributed by atoms with E-state index in [-0.39, 0.29) is 18.8 Å². The molecule has 0 aliphatic carbocycles. The zero-order chi connectivity index (χ0) is 15.7. The summed E-state index contributed by atoms with van der Waals surface area (Å²) in [5, 5.41) is 12.2. The van der Waals surface area contributed by atoms with Crippen molar-refractivity contribution in [2.24, 2.45) is 0 Å². The molecule has 0 aliphatic heterocycles. The summed E-state index contributed by atoms with van der Waals surface area (Å²) in [5.74, 6) is -1.12. The van der Waals surface area contributed by atoms with Crippen LogP contribution in [0.15, 0.2) is 12.1 Å². The third-order valence-corrected chi connectivity index (χ3v) is 3.30. The Morgan fingerprint density at radius 1 is 1.10 bits per heavy atom. The first-order valence-electron chi connectivity index (χ1n) is 7.68. The van der Waals surface area contributed by atoms with Crippen molar-refractivity contribution in [3.05, 3.63) is 29.3 Å². The lowest BCUT2D eigenvalue weighted by Gasteiger charge is -2.25. The molecule has 0 saturated carbocycles. The van der Waals surface area contributed by atoms with Gasteiger partial charge >= 0.3 is 0 Å². The van der Waals surface area contributed by atoms with E-state index >= 15 is 0 Å². The smallest absolute Gasteiger partial charge is 0.149 e. The lowest BCUT2D eigenvalue weighted by molar-refractivity contribution is 0.300. The number of aliphatic hydroxyl groups is 1. The molecule has 0 saturated heterocycles. The van der Waals surface area contributed by atoms with Gasteiger partial charge in [0.05, 0.1) is 6.61 Å². The minimum absolute atomic E-state index is 0.0308. The van der Waals surface area contributed by atoms with Gasteiger partial charge in [0, 0.05) is 19.6 Å². The fraction of sp³-hybridized carbons (Fsp3) is 0.625. The minimum Gasteiger partial charge on any atom is -0.395 e. The van der Waals surface area contributed by atoms with Crippen molar-refractivity contribution in [3.8, 4) is 0 Å². The molecule has 21 heavy (non-hydrogen) atoms. The molecule has 0 fully saturated rings. The van der Waals surface area contributed by atoms with Crippen molar-refractivity contribution in [1.29, 1.82) is 0 Å². The molecule has 0 heterocycles. The summed E-state index contributed by atoms with van der Waals surface area (Å²) in [7, 11) is 0. The molecule has 2 N–H and O–H groups in total. The summed E-state index contributed by atoms with van der Waals surface area (Å²) >= 11 is 0. The highest BCUT2D eigenvalue weighted by Gasteiger charge is 2.17. The van der Waals surface area contributed by atoms with Gasteiger partial charge < -0.3 is 15.3 Å². The van der Waals surface area contributed by atoms with Gasteiger partial charge in [-0.05, 0) is 37.1 Å². The Morgan fingerprint density at radius 2 is 1.76 bits per heavy atom. The summed E-state index contributed by atoms with van der Waals surface area (Å²) in [6.45, 7) is 5.99. The lowest BCUT2D eigenvalue weighted by Crippen LogP contribution is -2.29. The van der Waals surface area contributed by atoms with Gasteiger partial charge in [-0.2, -0.15) is 0 Å². The minimum atomic E-state index is -0.562. The summed E-state index contributed by atoms with van der Waals surface area (Å²) < 4.78 is 28.5. The molecule has 1 rings (SSSR count). The lowest BCUT2D eigenvalue weighted by atomic mass is 10.1. The number of anilines is 1. The summed E-state index contributed by atoms with van der Waals surface area (Å²) in [5.41, 5.74) is 0.568. The van der Waals surface area contributed by atoms with E-state index < -0.39 is 11.6 Å². The zero-order valence-corrected chi connectivity index (χ0v) is 13.0. The Balaban J connectivity index is 2.89. The fourth-order valence-corrected chi connectivity index (χ4v) is 2.24. The number of aliphatic hydroxyl groups excluding tert-OH is 1. The number of hydrogen-bond donors (Lipinski definition) is 2. The largest absolute Gasteiger partial charge is 0.395 e. The Labute approximate surface area is 126 Å². The molecule has 1 aromatic carbocycles. The van der Waals surface area contributed by atoms with Crippen LogP contribution in [0.3, 0.4) is 0 Å². The monoisotopic (exact) mass is 300 g/mol. The van der Waals surface area contributed by atoms with Crippen LogP contribution >= 0.6 is 0 Å². The van der Waals surface area contributed by atoms with Crippen LogP contribution in [0.4, 0.5) is 14.5 Å². The van der Waals surface area contributed by atoms with Crippen molar-refractivity contribution >= 4 is 5.69 Å². The van der Waals surface area contributed by atoms with Crippen LogP contribution in [-0.2, 0) is 6.54 Å². The Morgan fingerprint density at radius 3 is 2.29 bits per heavy atom. The van der Waals surface area contributed by atoms with Gasteiger partial charge in [0.25, 0.3) is 0 Å². The third-order valence-electron chi connectivity index (χ3n) is 3.30. The van der Waals surface area contributed by atoms with Crippen LogP contribution in [0.5, 0.6) is 0 Å². The quantitative estimate of drug-likeness (QED) is 0.652. The van der Waals surface area contributed by atoms with Gasteiger partial charge in [-0.1, -0.05) is 20.3 Å². The molecule has 0 aliphatic rings. The highest BCUT2D eigenvalue weighted by atomic mass is 19.1. The molecule has 0 unspecified atom stereocenters. The average Bonchev–Trinajstić information content (AvgIpc) is 2.44. The maximum absolute atomic E-state index is 14.2. The molecular formula is C16H26F2N2O. The van der Waals surface area contributed by atoms with E-state index in [1.54, 1.807) is 4.90 Å². The molecule has 0 spiro atoms. The Bertz CT molecular complexity index is 404. The van der Waals surface area contributed by atoms with E-state index in [4.69, 9.17) is 5.11 Å². The molecule has 0 bridgehead atoms. The van der Waals surface area contributed by atoms with Gasteiger partial charge in [0.15, 0.2) is 0 Å². The van der Waals surface area contributed by atoms with E-state index in [9.17, 15) is 8.78 Å². The topological polar surface area (TPSA) is 35.5 Å². The van der Waals surface area contributed by atoms with Crippen molar-refractivity contribution in [1.82, 2.24) is 5.32 Å². The second-order valence-electron chi connectivity index (χ2n) is 5.15. The first-order chi connectivity index (χ1) is 10.1. The predicted octanol–water partition coefficient (Wildman–Crippen LogP) is 3.06. The van der Waals surface area contributed by atoms with Gasteiger partial charge in [-0.15, -0.1) is 0 Å². The number of halogens is 2. The van der Waals surface area contributed by atoms with Crippen molar-refractivity contribution in [2.45, 2.75) is 39.7 Å². The van der Waals surface area contributed by atoms with Crippen LogP contribution in [0.2, 0.25) is 0 Å². The number of nitrogens with one attached hydrogen (secondary N) is 1. The van der Waals surface area contributed by atoms with E-state index in [1.165, 1.54) is 12.1 Å². The summed E-state index contributed by atoms with van der Waals surface area (Å²) in [6, 6.07) is 2.74. The van der Waals surface area contributed by atoms with Gasteiger partial charge in [-0.3, -0.25) is 0 Å². The molecule has 5 heteroatoms. The number of rotatable bonds is 10. The van der Waals surface area contributed by atoms with Crippen molar-refractivity contribution < 1.29 is 13.9 Å². The SMILES string of the molecule is CCCCN(CCO)c1c(F)cc(CNCCC)cc1F. The summed E-state index contributed by atoms with van der Waals surface area (Å²) in [6.07, 6.45) is 2.74. The average molecular weight is 300 g/mol. The predicted molar refractivity (Wildman–Crippen MR) is 82.6 cm³/mol. The number of unbranched alkanes of at least 4 members (excludes halogenated alkanes) is 1. The number of benzene rings is 1. The normalized spacial score (nSPS) is 10.9. The first-order valence-corrected chi connectivity index (χ1v) is 7.68. The highest BCUT2D eigenvalue weighted by molar-refractivity contribution is 5.50. The van der Waals surface area contributed by atoms with Crippen LogP contribution in [0.1, 0.15) is 38.7 Å². The maximum Gasteiger partial charge on any atom is 0.149 e. The summed E-state index contributed by atoms with van der Waals surface area (Å²) in [4.78, 5) is 1.58. The van der Waals surface area contributed by atoms with Crippen molar-refractivity contribution in [2.75, 3.05) is 31.1 Å². The van der Waals surface area contributed by atoms with Gasteiger partial charge in [0.1, 0.15) is 17.3 Å². The maximum atomic E-state index is 14.2.